The van der Waals surface area contributed by atoms with Gasteiger partial charge in [0.1, 0.15) is 11.3 Å². The fourth-order valence-electron chi connectivity index (χ4n) is 2.09. The maximum absolute atomic E-state index is 12.2. The molecule has 0 spiro atoms. The molecule has 3 rings (SSSR count). The summed E-state index contributed by atoms with van der Waals surface area (Å²) in [6.07, 6.45) is 3.64. The van der Waals surface area contributed by atoms with Crippen molar-refractivity contribution in [2.75, 3.05) is 5.32 Å². The molecule has 3 aromatic rings. The lowest BCUT2D eigenvalue weighted by molar-refractivity contribution is 0.102. The van der Waals surface area contributed by atoms with Crippen molar-refractivity contribution in [3.05, 3.63) is 65.6 Å². The number of fused-ring (bicyclic) bond motifs is 1. The Balaban J connectivity index is 1.91. The van der Waals surface area contributed by atoms with Crippen molar-refractivity contribution in [1.29, 1.82) is 0 Å². The number of hydrogen-bond donors (Lipinski definition) is 1. The third-order valence-electron chi connectivity index (χ3n) is 3.24. The van der Waals surface area contributed by atoms with Gasteiger partial charge in [0.2, 0.25) is 0 Å². The third kappa shape index (κ3) is 2.28. The molecule has 2 aromatic heterocycles. The van der Waals surface area contributed by atoms with Gasteiger partial charge < -0.3 is 9.72 Å². The highest BCUT2D eigenvalue weighted by molar-refractivity contribution is 6.03. The summed E-state index contributed by atoms with van der Waals surface area (Å²) >= 11 is 0. The Hall–Kier alpha value is -2.62. The lowest BCUT2D eigenvalue weighted by Gasteiger charge is -2.05. The van der Waals surface area contributed by atoms with Gasteiger partial charge in [-0.1, -0.05) is 18.2 Å². The van der Waals surface area contributed by atoms with Crippen LogP contribution >= 0.6 is 0 Å². The molecule has 1 aromatic carbocycles. The summed E-state index contributed by atoms with van der Waals surface area (Å²) in [4.78, 5) is 16.6. The lowest BCUT2D eigenvalue weighted by Crippen LogP contribution is -2.13. The van der Waals surface area contributed by atoms with Crippen LogP contribution in [0.5, 0.6) is 0 Å². The van der Waals surface area contributed by atoms with E-state index in [-0.39, 0.29) is 5.91 Å². The first-order valence-corrected chi connectivity index (χ1v) is 6.46. The fourth-order valence-corrected chi connectivity index (χ4v) is 2.09. The van der Waals surface area contributed by atoms with Crippen LogP contribution in [0, 0.1) is 13.8 Å². The van der Waals surface area contributed by atoms with Crippen LogP contribution in [0.4, 0.5) is 5.69 Å². The quantitative estimate of drug-likeness (QED) is 0.773. The Bertz CT molecular complexity index is 789. The van der Waals surface area contributed by atoms with Gasteiger partial charge in [0.25, 0.3) is 5.91 Å². The predicted octanol–water partition coefficient (Wildman–Crippen LogP) is 3.20. The Morgan fingerprint density at radius 2 is 2.00 bits per heavy atom. The average molecular weight is 265 g/mol. The highest BCUT2D eigenvalue weighted by Crippen LogP contribution is 2.15. The van der Waals surface area contributed by atoms with E-state index < -0.39 is 0 Å². The predicted molar refractivity (Wildman–Crippen MR) is 79.1 cm³/mol. The van der Waals surface area contributed by atoms with Gasteiger partial charge in [-0.05, 0) is 43.2 Å². The largest absolute Gasteiger partial charge is 0.320 e. The molecule has 0 saturated carbocycles. The molecule has 0 aliphatic rings. The van der Waals surface area contributed by atoms with E-state index in [1.165, 1.54) is 0 Å². The van der Waals surface area contributed by atoms with Crippen molar-refractivity contribution in [3.8, 4) is 0 Å². The number of imidazole rings is 1. The second-order valence-electron chi connectivity index (χ2n) is 4.86. The Morgan fingerprint density at radius 1 is 1.20 bits per heavy atom. The number of nitrogens with one attached hydrogen (secondary N) is 1. The second-order valence-corrected chi connectivity index (χ2v) is 4.86. The van der Waals surface area contributed by atoms with Crippen LogP contribution in [-0.2, 0) is 0 Å². The summed E-state index contributed by atoms with van der Waals surface area (Å²) in [5.41, 5.74) is 4.15. The molecule has 0 fully saturated rings. The molecule has 1 N–H and O–H groups in total. The maximum atomic E-state index is 12.2. The summed E-state index contributed by atoms with van der Waals surface area (Å²) in [5.74, 6) is -0.194. The van der Waals surface area contributed by atoms with E-state index in [2.05, 4.69) is 10.3 Å². The summed E-state index contributed by atoms with van der Waals surface area (Å²) < 4.78 is 1.85. The van der Waals surface area contributed by atoms with Crippen molar-refractivity contribution in [2.24, 2.45) is 0 Å². The van der Waals surface area contributed by atoms with Gasteiger partial charge in [-0.3, -0.25) is 4.79 Å². The van der Waals surface area contributed by atoms with Crippen molar-refractivity contribution in [1.82, 2.24) is 9.38 Å². The zero-order chi connectivity index (χ0) is 14.1. The van der Waals surface area contributed by atoms with Crippen LogP contribution in [0.3, 0.4) is 0 Å². The molecule has 2 heterocycles. The normalized spacial score (nSPS) is 10.7. The number of carbonyl (C=O) groups is 1. The van der Waals surface area contributed by atoms with Crippen molar-refractivity contribution in [3.63, 3.8) is 0 Å². The van der Waals surface area contributed by atoms with Gasteiger partial charge in [0, 0.05) is 18.1 Å². The minimum Gasteiger partial charge on any atom is -0.320 e. The van der Waals surface area contributed by atoms with E-state index in [0.29, 0.717) is 5.69 Å². The molecule has 0 unspecified atom stereocenters. The van der Waals surface area contributed by atoms with Gasteiger partial charge in [-0.2, -0.15) is 0 Å². The molecule has 4 nitrogen and oxygen atoms in total. The molecule has 100 valence electrons. The van der Waals surface area contributed by atoms with Gasteiger partial charge in [-0.25, -0.2) is 4.98 Å². The van der Waals surface area contributed by atoms with Crippen LogP contribution in [-0.4, -0.2) is 15.3 Å². The number of rotatable bonds is 2. The van der Waals surface area contributed by atoms with E-state index >= 15 is 0 Å². The maximum Gasteiger partial charge on any atom is 0.275 e. The molecule has 20 heavy (non-hydrogen) atoms. The highest BCUT2D eigenvalue weighted by Gasteiger charge is 2.11. The summed E-state index contributed by atoms with van der Waals surface area (Å²) in [6.45, 7) is 3.96. The van der Waals surface area contributed by atoms with Crippen molar-refractivity contribution in [2.45, 2.75) is 13.8 Å². The molecular weight excluding hydrogens is 250 g/mol. The molecule has 1 amide bonds. The van der Waals surface area contributed by atoms with Crippen LogP contribution in [0.1, 0.15) is 21.6 Å². The molecular formula is C16H15N3O. The zero-order valence-electron chi connectivity index (χ0n) is 11.4. The summed E-state index contributed by atoms with van der Waals surface area (Å²) in [6, 6.07) is 11.6. The standard InChI is InChI=1S/C16H15N3O/c1-11-7-8-19-10-14(17-15(19)9-11)16(20)18-13-6-4-3-5-12(13)2/h3-10H,1-2H3,(H,18,20). The third-order valence-corrected chi connectivity index (χ3v) is 3.24. The first-order chi connectivity index (χ1) is 9.63. The SMILES string of the molecule is Cc1ccn2cc(C(=O)Nc3ccccc3C)nc2c1. The van der Waals surface area contributed by atoms with E-state index in [0.717, 1.165) is 22.5 Å². The fraction of sp³-hybridized carbons (Fsp3) is 0.125. The number of hydrogen-bond acceptors (Lipinski definition) is 2. The minimum absolute atomic E-state index is 0.194. The average Bonchev–Trinajstić information content (AvgIpc) is 2.84. The van der Waals surface area contributed by atoms with Gasteiger partial charge >= 0.3 is 0 Å². The number of aryl methyl sites for hydroxylation is 2. The number of benzene rings is 1. The van der Waals surface area contributed by atoms with Crippen molar-refractivity contribution < 1.29 is 4.79 Å². The lowest BCUT2D eigenvalue weighted by atomic mass is 10.2. The van der Waals surface area contributed by atoms with Crippen molar-refractivity contribution >= 4 is 17.2 Å². The molecule has 0 aliphatic carbocycles. The monoisotopic (exact) mass is 265 g/mol. The van der Waals surface area contributed by atoms with Gasteiger partial charge in [-0.15, -0.1) is 0 Å². The molecule has 0 atom stereocenters. The summed E-state index contributed by atoms with van der Waals surface area (Å²) in [7, 11) is 0. The van der Waals surface area contributed by atoms with Crippen LogP contribution < -0.4 is 5.32 Å². The minimum atomic E-state index is -0.194. The van der Waals surface area contributed by atoms with E-state index in [1.54, 1.807) is 6.20 Å². The van der Waals surface area contributed by atoms with Gasteiger partial charge in [0.05, 0.1) is 0 Å². The highest BCUT2D eigenvalue weighted by atomic mass is 16.1. The Morgan fingerprint density at radius 3 is 2.80 bits per heavy atom. The smallest absolute Gasteiger partial charge is 0.275 e. The van der Waals surface area contributed by atoms with Crippen LogP contribution in [0.2, 0.25) is 0 Å². The Kier molecular flexibility index (Phi) is 2.99. The number of amides is 1. The molecule has 0 radical (unpaired) electrons. The number of carbonyl (C=O) groups excluding carboxylic acids is 1. The van der Waals surface area contributed by atoms with E-state index in [4.69, 9.17) is 0 Å². The molecule has 0 aliphatic heterocycles. The first-order valence-electron chi connectivity index (χ1n) is 6.46. The molecule has 0 saturated heterocycles. The summed E-state index contributed by atoms with van der Waals surface area (Å²) in [5, 5.41) is 2.89. The van der Waals surface area contributed by atoms with Gasteiger partial charge in [0.15, 0.2) is 0 Å². The number of para-hydroxylation sites is 1. The second kappa shape index (κ2) is 4.81. The molecule has 0 bridgehead atoms. The van der Waals surface area contributed by atoms with E-state index in [1.807, 2.05) is 60.8 Å². The number of pyridine rings is 1. The Labute approximate surface area is 117 Å². The molecule has 4 heteroatoms. The first kappa shape index (κ1) is 12.4. The van der Waals surface area contributed by atoms with E-state index in [9.17, 15) is 4.79 Å². The van der Waals surface area contributed by atoms with Crippen LogP contribution in [0.15, 0.2) is 48.8 Å². The number of nitrogens with zero attached hydrogens (tertiary/aromatic N) is 2. The van der Waals surface area contributed by atoms with Crippen LogP contribution in [0.25, 0.3) is 5.65 Å². The topological polar surface area (TPSA) is 46.4 Å². The number of anilines is 1. The zero-order valence-corrected chi connectivity index (χ0v) is 11.4. The number of aromatic nitrogens is 2.